The molecule has 0 spiro atoms. The highest BCUT2D eigenvalue weighted by molar-refractivity contribution is 8.01. The van der Waals surface area contributed by atoms with E-state index in [0.717, 1.165) is 51.4 Å². The van der Waals surface area contributed by atoms with Crippen molar-refractivity contribution in [3.05, 3.63) is 23.2 Å². The number of aromatic nitrogens is 1. The molecule has 1 aromatic carbocycles. The van der Waals surface area contributed by atoms with E-state index in [-0.39, 0.29) is 54.5 Å². The quantitative estimate of drug-likeness (QED) is 0.0742. The number of unbranched alkanes of at least 4 members (excludes halogenated alkanes) is 8. The summed E-state index contributed by atoms with van der Waals surface area (Å²) in [6, 6.07) is 2.82. The Hall–Kier alpha value is -2.30. The van der Waals surface area contributed by atoms with Crippen LogP contribution in [-0.2, 0) is 16.0 Å². The Kier molecular flexibility index (Phi) is 16.1. The van der Waals surface area contributed by atoms with Crippen molar-refractivity contribution in [1.82, 2.24) is 9.88 Å². The van der Waals surface area contributed by atoms with Crippen LogP contribution in [0, 0.1) is 5.92 Å². The second kappa shape index (κ2) is 18.9. The summed E-state index contributed by atoms with van der Waals surface area (Å²) < 4.78 is 0.616. The highest BCUT2D eigenvalue weighted by Crippen LogP contribution is 2.41. The highest BCUT2D eigenvalue weighted by Gasteiger charge is 2.21. The van der Waals surface area contributed by atoms with Crippen molar-refractivity contribution >= 4 is 40.6 Å². The minimum atomic E-state index is -0.142. The van der Waals surface area contributed by atoms with Gasteiger partial charge in [0.2, 0.25) is 11.8 Å². The van der Waals surface area contributed by atoms with Gasteiger partial charge in [0.1, 0.15) is 11.5 Å². The lowest BCUT2D eigenvalue weighted by molar-refractivity contribution is -0.129. The van der Waals surface area contributed by atoms with Crippen LogP contribution in [0.3, 0.4) is 0 Å². The van der Waals surface area contributed by atoms with Crippen LogP contribution < -0.4 is 5.32 Å². The van der Waals surface area contributed by atoms with Gasteiger partial charge in [0.25, 0.3) is 0 Å². The van der Waals surface area contributed by atoms with Crippen molar-refractivity contribution in [3.63, 3.8) is 0 Å². The van der Waals surface area contributed by atoms with Crippen LogP contribution in [0.15, 0.2) is 26.7 Å². The molecule has 0 aliphatic rings. The number of aromatic hydroxyl groups is 2. The van der Waals surface area contributed by atoms with Crippen molar-refractivity contribution in [1.29, 1.82) is 0 Å². The summed E-state index contributed by atoms with van der Waals surface area (Å²) in [6.45, 7) is 4.54. The molecule has 0 saturated carbocycles. The van der Waals surface area contributed by atoms with E-state index in [1.165, 1.54) is 65.8 Å². The Labute approximate surface area is 247 Å². The van der Waals surface area contributed by atoms with Gasteiger partial charge in [-0.05, 0) is 18.9 Å². The first kappa shape index (κ1) is 33.9. The summed E-state index contributed by atoms with van der Waals surface area (Å²) in [5.74, 6) is -0.553. The Morgan fingerprint density at radius 3 is 2.25 bits per heavy atom. The van der Waals surface area contributed by atoms with Gasteiger partial charge >= 0.3 is 0 Å². The lowest BCUT2D eigenvalue weighted by Crippen LogP contribution is -2.30. The molecule has 8 nitrogen and oxygen atoms in total. The number of phenols is 2. The smallest absolute Gasteiger partial charge is 0.228 e. The first-order valence-electron chi connectivity index (χ1n) is 14.6. The van der Waals surface area contributed by atoms with Crippen molar-refractivity contribution in [2.24, 2.45) is 5.92 Å². The zero-order valence-corrected chi connectivity index (χ0v) is 25.9. The fraction of sp³-hybridized carbons (Fsp3) is 0.633. The van der Waals surface area contributed by atoms with Gasteiger partial charge in [-0.2, -0.15) is 0 Å². The molecular formula is C30H47N3O5S2. The maximum Gasteiger partial charge on any atom is 0.228 e. The molecule has 0 radical (unpaired) electrons. The van der Waals surface area contributed by atoms with Gasteiger partial charge in [-0.3, -0.25) is 9.59 Å². The number of amides is 2. The summed E-state index contributed by atoms with van der Waals surface area (Å²) in [7, 11) is 1.63. The number of nitrogens with zero attached hydrogens (tertiary/aromatic N) is 2. The molecule has 0 saturated heterocycles. The summed E-state index contributed by atoms with van der Waals surface area (Å²) in [5.41, 5.74) is 0.802. The predicted molar refractivity (Wildman–Crippen MR) is 163 cm³/mol. The number of carbonyl (C=O) groups is 2. The molecule has 224 valence electrons. The fourth-order valence-electron chi connectivity index (χ4n) is 4.44. The molecule has 1 unspecified atom stereocenters. The summed E-state index contributed by atoms with van der Waals surface area (Å²) in [6.07, 6.45) is 13.3. The zero-order valence-electron chi connectivity index (χ0n) is 24.3. The summed E-state index contributed by atoms with van der Waals surface area (Å²) >= 11 is 2.52. The number of anilines is 1. The average molecular weight is 594 g/mol. The molecule has 2 rings (SSSR count). The first-order chi connectivity index (χ1) is 19.3. The van der Waals surface area contributed by atoms with E-state index in [0.29, 0.717) is 14.9 Å². The number of nitrogens with one attached hydrogen (secondary N) is 1. The van der Waals surface area contributed by atoms with Gasteiger partial charge in [-0.25, -0.2) is 4.98 Å². The molecule has 0 fully saturated rings. The molecule has 10 heteroatoms. The SMILES string of the molecule is CCCCCCCCC(CCCCCC)C(=O)Nc1cc(O)c(Sc2nc(CC(=O)N(C)CCO)cs2)cc1O. The van der Waals surface area contributed by atoms with Crippen molar-refractivity contribution < 1.29 is 24.9 Å². The Balaban J connectivity index is 2.00. The van der Waals surface area contributed by atoms with Gasteiger partial charge in [0.15, 0.2) is 4.34 Å². The average Bonchev–Trinajstić information content (AvgIpc) is 3.36. The Bertz CT molecular complexity index is 1050. The number of likely N-dealkylation sites (N-methyl/N-ethyl adjacent to an activating group) is 1. The number of rotatable bonds is 20. The van der Waals surface area contributed by atoms with E-state index in [1.807, 2.05) is 0 Å². The zero-order chi connectivity index (χ0) is 29.3. The van der Waals surface area contributed by atoms with Crippen LogP contribution in [0.25, 0.3) is 0 Å². The Morgan fingerprint density at radius 1 is 0.975 bits per heavy atom. The number of phenolic OH excluding ortho intramolecular Hbond substituents is 2. The number of hydrogen-bond acceptors (Lipinski definition) is 8. The van der Waals surface area contributed by atoms with E-state index in [1.54, 1.807) is 12.4 Å². The molecule has 0 aliphatic heterocycles. The third kappa shape index (κ3) is 12.1. The van der Waals surface area contributed by atoms with Crippen molar-refractivity contribution in [3.8, 4) is 11.5 Å². The van der Waals surface area contributed by atoms with Crippen LogP contribution in [0.5, 0.6) is 11.5 Å². The van der Waals surface area contributed by atoms with Crippen LogP contribution in [0.4, 0.5) is 5.69 Å². The summed E-state index contributed by atoms with van der Waals surface area (Å²) in [5, 5.41) is 35.0. The number of aliphatic hydroxyl groups is 1. The third-order valence-electron chi connectivity index (χ3n) is 6.94. The fourth-order valence-corrected chi connectivity index (χ4v) is 6.28. The molecule has 2 aromatic rings. The van der Waals surface area contributed by atoms with Crippen LogP contribution in [0.1, 0.15) is 96.6 Å². The monoisotopic (exact) mass is 593 g/mol. The van der Waals surface area contributed by atoms with E-state index in [9.17, 15) is 19.8 Å². The third-order valence-corrected chi connectivity index (χ3v) is 8.97. The molecule has 40 heavy (non-hydrogen) atoms. The first-order valence-corrected chi connectivity index (χ1v) is 16.3. The van der Waals surface area contributed by atoms with E-state index in [4.69, 9.17) is 5.11 Å². The number of thiazole rings is 1. The number of hydrogen-bond donors (Lipinski definition) is 4. The molecule has 0 aliphatic carbocycles. The minimum Gasteiger partial charge on any atom is -0.507 e. The topological polar surface area (TPSA) is 123 Å². The molecule has 2 amide bonds. The standard InChI is InChI=1S/C30H47N3O5S2/c1-4-6-8-10-11-13-15-22(14-12-9-7-5-2)29(38)32-24-19-26(36)27(20-25(24)35)40-30-31-23(21-39-30)18-28(37)33(3)16-17-34/h19-22,34-36H,4-18H2,1-3H3,(H,32,38). The van der Waals surface area contributed by atoms with Gasteiger partial charge < -0.3 is 25.5 Å². The van der Waals surface area contributed by atoms with Gasteiger partial charge in [0.05, 0.1) is 29.3 Å². The van der Waals surface area contributed by atoms with Gasteiger partial charge in [-0.1, -0.05) is 89.8 Å². The number of aliphatic hydroxyl groups excluding tert-OH is 1. The van der Waals surface area contributed by atoms with E-state index < -0.39 is 0 Å². The molecule has 1 aromatic heterocycles. The van der Waals surface area contributed by atoms with E-state index in [2.05, 4.69) is 24.1 Å². The molecule has 1 heterocycles. The largest absolute Gasteiger partial charge is 0.507 e. The van der Waals surface area contributed by atoms with Crippen LogP contribution in [-0.4, -0.2) is 57.2 Å². The lowest BCUT2D eigenvalue weighted by atomic mass is 9.93. The van der Waals surface area contributed by atoms with E-state index >= 15 is 0 Å². The number of carbonyl (C=O) groups excluding carboxylic acids is 2. The highest BCUT2D eigenvalue weighted by atomic mass is 32.2. The van der Waals surface area contributed by atoms with Crippen molar-refractivity contribution in [2.45, 2.75) is 107 Å². The maximum atomic E-state index is 13.2. The molecular weight excluding hydrogens is 546 g/mol. The van der Waals surface area contributed by atoms with Crippen LogP contribution in [0.2, 0.25) is 0 Å². The maximum absolute atomic E-state index is 13.2. The lowest BCUT2D eigenvalue weighted by Gasteiger charge is -2.18. The van der Waals surface area contributed by atoms with Crippen LogP contribution >= 0.6 is 23.1 Å². The molecule has 0 bridgehead atoms. The molecule has 1 atom stereocenters. The molecule has 4 N–H and O–H groups in total. The number of benzene rings is 1. The Morgan fingerprint density at radius 2 is 1.60 bits per heavy atom. The summed E-state index contributed by atoms with van der Waals surface area (Å²) in [4.78, 5) is 31.7. The second-order valence-corrected chi connectivity index (χ2v) is 12.5. The van der Waals surface area contributed by atoms with Gasteiger partial charge in [0, 0.05) is 31.0 Å². The van der Waals surface area contributed by atoms with Gasteiger partial charge in [-0.15, -0.1) is 11.3 Å². The predicted octanol–water partition coefficient (Wildman–Crippen LogP) is 6.97. The minimum absolute atomic E-state index is 0.0657. The second-order valence-electron chi connectivity index (χ2n) is 10.4. The van der Waals surface area contributed by atoms with Crippen molar-refractivity contribution in [2.75, 3.05) is 25.5 Å². The normalized spacial score (nSPS) is 11.9.